The molecule has 11 nitrogen and oxygen atoms in total. The summed E-state index contributed by atoms with van der Waals surface area (Å²) in [6.07, 6.45) is 8.82. The third-order valence-electron chi connectivity index (χ3n) is 10.5. The first-order valence-corrected chi connectivity index (χ1v) is 16.7. The smallest absolute Gasteiger partial charge is 0.327 e. The van der Waals surface area contributed by atoms with Gasteiger partial charge in [0.05, 0.1) is 48.4 Å². The molecule has 0 aromatic rings. The zero-order valence-corrected chi connectivity index (χ0v) is 29.7. The van der Waals surface area contributed by atoms with Gasteiger partial charge < -0.3 is 24.6 Å². The van der Waals surface area contributed by atoms with Crippen LogP contribution in [-0.2, 0) is 28.6 Å². The summed E-state index contributed by atoms with van der Waals surface area (Å²) >= 11 is 0. The van der Waals surface area contributed by atoms with E-state index >= 15 is 0 Å². The number of carbonyl (C=O) groups is 3. The monoisotopic (exact) mass is 678 g/mol. The van der Waals surface area contributed by atoms with Gasteiger partial charge in [-0.2, -0.15) is 0 Å². The molecular weight excluding hydrogens is 636 g/mol. The molecule has 0 radical (unpaired) electrons. The Kier molecular flexibility index (Phi) is 8.88. The second-order valence-corrected chi connectivity index (χ2v) is 13.1. The number of esters is 3. The average Bonchev–Trinajstić information content (AvgIpc) is 3.82. The van der Waals surface area contributed by atoms with E-state index in [0.717, 1.165) is 57.2 Å². The number of rotatable bonds is 8. The second kappa shape index (κ2) is 12.9. The molecule has 5 aliphatic heterocycles. The Morgan fingerprint density at radius 1 is 1.00 bits per heavy atom. The van der Waals surface area contributed by atoms with Crippen molar-refractivity contribution < 1.29 is 33.7 Å². The molecule has 0 spiro atoms. The van der Waals surface area contributed by atoms with E-state index in [-0.39, 0.29) is 30.0 Å². The number of methoxy groups -OCH3 is 2. The molecule has 260 valence electrons. The number of aliphatic imine (C=N–C) groups is 3. The summed E-state index contributed by atoms with van der Waals surface area (Å²) in [5.41, 5.74) is 8.56. The number of fused-ring (bicyclic) bond motifs is 5. The molecule has 5 heterocycles. The van der Waals surface area contributed by atoms with Gasteiger partial charge in [-0.05, 0) is 74.1 Å². The van der Waals surface area contributed by atoms with Crippen molar-refractivity contribution in [1.82, 2.24) is 5.32 Å². The number of allylic oxidation sites excluding steroid dienone is 11. The molecule has 3 atom stereocenters. The SMILES string of the molecule is C=CC1=C(C)C2=NC1=CC1=NC(=CC3=C(C)C4=C(O)[C@](COC(C)=O)(C(=O)OC)C(=C5NC(=C2)[C@@H](C)[C@@H]5CCC(=O)OC)C4=N3)C(CC)=C1C. The Hall–Kier alpha value is -5.32. The van der Waals surface area contributed by atoms with Crippen molar-refractivity contribution in [2.45, 2.75) is 60.8 Å². The maximum Gasteiger partial charge on any atom is 0.327 e. The molecule has 1 aliphatic carbocycles. The lowest BCUT2D eigenvalue weighted by Gasteiger charge is -2.30. The van der Waals surface area contributed by atoms with Crippen molar-refractivity contribution in [3.8, 4) is 0 Å². The number of hydrogen-bond donors (Lipinski definition) is 2. The first-order chi connectivity index (χ1) is 23.8. The van der Waals surface area contributed by atoms with Crippen LogP contribution in [-0.4, -0.2) is 61.0 Å². The van der Waals surface area contributed by atoms with Crippen LogP contribution in [0.1, 0.15) is 60.8 Å². The van der Waals surface area contributed by atoms with Gasteiger partial charge in [-0.25, -0.2) is 15.0 Å². The van der Waals surface area contributed by atoms with E-state index in [2.05, 4.69) is 18.8 Å². The van der Waals surface area contributed by atoms with Crippen LogP contribution in [0.3, 0.4) is 0 Å². The minimum absolute atomic E-state index is 0.0960. The van der Waals surface area contributed by atoms with E-state index in [1.165, 1.54) is 21.1 Å². The van der Waals surface area contributed by atoms with Crippen LogP contribution in [0.2, 0.25) is 0 Å². The summed E-state index contributed by atoms with van der Waals surface area (Å²) in [4.78, 5) is 54.0. The van der Waals surface area contributed by atoms with Crippen molar-refractivity contribution >= 4 is 35.0 Å². The minimum Gasteiger partial charge on any atom is -0.510 e. The van der Waals surface area contributed by atoms with Crippen LogP contribution >= 0.6 is 0 Å². The normalized spacial score (nSPS) is 25.3. The molecule has 0 aromatic heterocycles. The topological polar surface area (TPSA) is 148 Å². The zero-order valence-electron chi connectivity index (χ0n) is 29.7. The van der Waals surface area contributed by atoms with E-state index in [4.69, 9.17) is 29.2 Å². The molecule has 0 saturated carbocycles. The highest BCUT2D eigenvalue weighted by molar-refractivity contribution is 6.25. The highest BCUT2D eigenvalue weighted by Crippen LogP contribution is 2.55. The summed E-state index contributed by atoms with van der Waals surface area (Å²) in [5, 5.41) is 15.8. The van der Waals surface area contributed by atoms with E-state index in [0.29, 0.717) is 40.2 Å². The molecule has 1 saturated heterocycles. The average molecular weight is 679 g/mol. The van der Waals surface area contributed by atoms with Gasteiger partial charge in [-0.3, -0.25) is 14.4 Å². The number of nitrogens with zero attached hydrogens (tertiary/aromatic N) is 3. The Labute approximate surface area is 291 Å². The number of ether oxygens (including phenoxy) is 3. The van der Waals surface area contributed by atoms with Crippen molar-refractivity contribution in [1.29, 1.82) is 0 Å². The number of hydrogen-bond acceptors (Lipinski definition) is 11. The molecule has 11 heteroatoms. The fraction of sp³-hybridized carbons (Fsp3) is 0.385. The van der Waals surface area contributed by atoms with Gasteiger partial charge in [-0.1, -0.05) is 26.5 Å². The Morgan fingerprint density at radius 2 is 1.70 bits per heavy atom. The van der Waals surface area contributed by atoms with Crippen molar-refractivity contribution in [3.05, 3.63) is 104 Å². The number of carbonyl (C=O) groups excluding carboxylic acids is 3. The van der Waals surface area contributed by atoms with Gasteiger partial charge in [0.2, 0.25) is 0 Å². The summed E-state index contributed by atoms with van der Waals surface area (Å²) in [6, 6.07) is 0. The molecule has 8 bridgehead atoms. The molecule has 50 heavy (non-hydrogen) atoms. The van der Waals surface area contributed by atoms with Crippen LogP contribution in [0.5, 0.6) is 0 Å². The number of aliphatic hydroxyl groups is 1. The van der Waals surface area contributed by atoms with Crippen molar-refractivity contribution in [3.63, 3.8) is 0 Å². The van der Waals surface area contributed by atoms with E-state index in [1.807, 2.05) is 45.9 Å². The predicted molar refractivity (Wildman–Crippen MR) is 190 cm³/mol. The molecule has 2 N–H and O–H groups in total. The summed E-state index contributed by atoms with van der Waals surface area (Å²) < 4.78 is 15.9. The first kappa shape index (κ1) is 34.5. The van der Waals surface area contributed by atoms with E-state index in [1.54, 1.807) is 6.08 Å². The third-order valence-corrected chi connectivity index (χ3v) is 10.5. The van der Waals surface area contributed by atoms with Crippen LogP contribution in [0.15, 0.2) is 119 Å². The fourth-order valence-corrected chi connectivity index (χ4v) is 7.72. The molecule has 6 aliphatic rings. The van der Waals surface area contributed by atoms with Crippen molar-refractivity contribution in [2.24, 2.45) is 32.2 Å². The summed E-state index contributed by atoms with van der Waals surface area (Å²) in [5.74, 6) is -2.74. The van der Waals surface area contributed by atoms with E-state index < -0.39 is 24.0 Å². The largest absolute Gasteiger partial charge is 0.510 e. The molecule has 0 amide bonds. The maximum absolute atomic E-state index is 14.0. The lowest BCUT2D eigenvalue weighted by Crippen LogP contribution is -2.42. The van der Waals surface area contributed by atoms with Crippen LogP contribution < -0.4 is 5.32 Å². The molecule has 6 rings (SSSR count). The standard InChI is InChI=1S/C39H42N4O7/c1-10-23-18(3)26-14-28-20(5)25(12-13-32(45)48-8)35(42-28)34-36-33(37(46)39(34,38(47)49-9)17-50-22(7)44)21(6)29(43-36)16-31-24(11-2)19(4)27(41-31)15-30(23)40-26/h10,14-16,20,25,42,46H,1,11-13,17H2,2-9H3/t20-,25-,39+/m0/s1. The quantitative estimate of drug-likeness (QED) is 0.230. The molecule has 0 aromatic carbocycles. The molecule has 0 unspecified atom stereocenters. The Morgan fingerprint density at radius 3 is 2.34 bits per heavy atom. The lowest BCUT2D eigenvalue weighted by molar-refractivity contribution is -0.156. The first-order valence-electron chi connectivity index (χ1n) is 16.7. The second-order valence-electron chi connectivity index (χ2n) is 13.1. The third kappa shape index (κ3) is 5.18. The van der Waals surface area contributed by atoms with Crippen LogP contribution in [0.4, 0.5) is 0 Å². The molecular formula is C39H42N4O7. The Bertz CT molecular complexity index is 2020. The van der Waals surface area contributed by atoms with Crippen molar-refractivity contribution in [2.75, 3.05) is 20.8 Å². The fourth-order valence-electron chi connectivity index (χ4n) is 7.72. The van der Waals surface area contributed by atoms with Gasteiger partial charge in [-0.15, -0.1) is 0 Å². The summed E-state index contributed by atoms with van der Waals surface area (Å²) in [7, 11) is 2.57. The van der Waals surface area contributed by atoms with Gasteiger partial charge in [0.15, 0.2) is 5.41 Å². The highest BCUT2D eigenvalue weighted by Gasteiger charge is 2.60. The predicted octanol–water partition coefficient (Wildman–Crippen LogP) is 6.13. The highest BCUT2D eigenvalue weighted by atomic mass is 16.5. The van der Waals surface area contributed by atoms with Gasteiger partial charge in [0.25, 0.3) is 0 Å². The van der Waals surface area contributed by atoms with Gasteiger partial charge in [0.1, 0.15) is 12.4 Å². The minimum atomic E-state index is -1.93. The van der Waals surface area contributed by atoms with Crippen LogP contribution in [0.25, 0.3) is 0 Å². The summed E-state index contributed by atoms with van der Waals surface area (Å²) in [6.45, 7) is 14.8. The number of nitrogens with one attached hydrogen (secondary N) is 1. The number of aliphatic hydroxyl groups excluding tert-OH is 1. The Balaban J connectivity index is 1.72. The zero-order chi connectivity index (χ0) is 36.2. The van der Waals surface area contributed by atoms with Gasteiger partial charge >= 0.3 is 17.9 Å². The maximum atomic E-state index is 14.0. The molecule has 1 fully saturated rings. The van der Waals surface area contributed by atoms with Gasteiger partial charge in [0, 0.05) is 53.3 Å². The van der Waals surface area contributed by atoms with Crippen LogP contribution in [0, 0.1) is 17.3 Å². The van der Waals surface area contributed by atoms with E-state index in [9.17, 15) is 19.5 Å². The lowest BCUT2D eigenvalue weighted by atomic mass is 9.77.